The molecule has 2 rings (SSSR count). The Morgan fingerprint density at radius 2 is 1.95 bits per heavy atom. The standard InChI is InChI=1S/C16H22F2O/c1-2-3-12-6-8-16(19,9-7-12)11-13-10-14(17)4-5-15(13)18/h4-5,10,12,19H,2-3,6-9,11H2,1H3. The summed E-state index contributed by atoms with van der Waals surface area (Å²) in [6.45, 7) is 2.17. The van der Waals surface area contributed by atoms with Crippen molar-refractivity contribution in [3.8, 4) is 0 Å². The maximum absolute atomic E-state index is 13.6. The molecular weight excluding hydrogens is 246 g/mol. The largest absolute Gasteiger partial charge is 0.390 e. The van der Waals surface area contributed by atoms with E-state index < -0.39 is 17.2 Å². The van der Waals surface area contributed by atoms with Crippen LogP contribution in [0.1, 0.15) is 51.0 Å². The van der Waals surface area contributed by atoms with Gasteiger partial charge in [-0.1, -0.05) is 19.8 Å². The molecule has 19 heavy (non-hydrogen) atoms. The summed E-state index contributed by atoms with van der Waals surface area (Å²) in [7, 11) is 0. The van der Waals surface area contributed by atoms with Crippen molar-refractivity contribution >= 4 is 0 Å². The lowest BCUT2D eigenvalue weighted by Crippen LogP contribution is -2.36. The summed E-state index contributed by atoms with van der Waals surface area (Å²) < 4.78 is 26.8. The fourth-order valence-electron chi connectivity index (χ4n) is 3.12. The molecule has 0 atom stereocenters. The average molecular weight is 268 g/mol. The monoisotopic (exact) mass is 268 g/mol. The second kappa shape index (κ2) is 6.00. The van der Waals surface area contributed by atoms with Crippen molar-refractivity contribution in [1.29, 1.82) is 0 Å². The molecule has 0 heterocycles. The molecule has 1 saturated carbocycles. The lowest BCUT2D eigenvalue weighted by molar-refractivity contribution is -0.0105. The summed E-state index contributed by atoms with van der Waals surface area (Å²) in [6.07, 6.45) is 5.94. The van der Waals surface area contributed by atoms with Crippen molar-refractivity contribution in [2.45, 2.75) is 57.5 Å². The molecule has 1 fully saturated rings. The molecule has 0 saturated heterocycles. The molecule has 1 aliphatic carbocycles. The first-order valence-electron chi connectivity index (χ1n) is 7.19. The summed E-state index contributed by atoms with van der Waals surface area (Å²) in [5.41, 5.74) is -0.574. The minimum Gasteiger partial charge on any atom is -0.390 e. The first-order valence-corrected chi connectivity index (χ1v) is 7.19. The van der Waals surface area contributed by atoms with Crippen LogP contribution < -0.4 is 0 Å². The molecule has 1 nitrogen and oxygen atoms in total. The second-order valence-electron chi connectivity index (χ2n) is 5.87. The van der Waals surface area contributed by atoms with Gasteiger partial charge in [-0.2, -0.15) is 0 Å². The van der Waals surface area contributed by atoms with E-state index in [0.29, 0.717) is 18.8 Å². The van der Waals surface area contributed by atoms with E-state index in [1.807, 2.05) is 0 Å². The van der Waals surface area contributed by atoms with Gasteiger partial charge in [-0.3, -0.25) is 0 Å². The zero-order chi connectivity index (χ0) is 13.9. The summed E-state index contributed by atoms with van der Waals surface area (Å²) in [5.74, 6) is -0.187. The first kappa shape index (κ1) is 14.4. The van der Waals surface area contributed by atoms with Gasteiger partial charge in [0.2, 0.25) is 0 Å². The van der Waals surface area contributed by atoms with Crippen LogP contribution >= 0.6 is 0 Å². The number of hydrogen-bond donors (Lipinski definition) is 1. The third kappa shape index (κ3) is 3.75. The van der Waals surface area contributed by atoms with Crippen LogP contribution in [0.3, 0.4) is 0 Å². The fourth-order valence-corrected chi connectivity index (χ4v) is 3.12. The van der Waals surface area contributed by atoms with Gasteiger partial charge in [-0.15, -0.1) is 0 Å². The molecule has 1 aromatic carbocycles. The lowest BCUT2D eigenvalue weighted by Gasteiger charge is -2.36. The van der Waals surface area contributed by atoms with Gasteiger partial charge in [0.1, 0.15) is 11.6 Å². The molecule has 0 radical (unpaired) electrons. The minimum absolute atomic E-state index is 0.218. The Labute approximate surface area is 113 Å². The van der Waals surface area contributed by atoms with Gasteiger partial charge in [0.25, 0.3) is 0 Å². The van der Waals surface area contributed by atoms with Gasteiger partial charge in [0, 0.05) is 6.42 Å². The van der Waals surface area contributed by atoms with Crippen LogP contribution in [-0.4, -0.2) is 10.7 Å². The van der Waals surface area contributed by atoms with Gasteiger partial charge in [0.05, 0.1) is 5.60 Å². The molecule has 0 spiro atoms. The quantitative estimate of drug-likeness (QED) is 0.866. The van der Waals surface area contributed by atoms with E-state index in [-0.39, 0.29) is 12.0 Å². The van der Waals surface area contributed by atoms with E-state index in [9.17, 15) is 13.9 Å². The average Bonchev–Trinajstić information content (AvgIpc) is 2.37. The molecule has 0 unspecified atom stereocenters. The highest BCUT2D eigenvalue weighted by molar-refractivity contribution is 5.21. The Kier molecular flexibility index (Phi) is 4.56. The number of hydrogen-bond acceptors (Lipinski definition) is 1. The van der Waals surface area contributed by atoms with Crippen LogP contribution in [0.15, 0.2) is 18.2 Å². The van der Waals surface area contributed by atoms with Gasteiger partial charge < -0.3 is 5.11 Å². The van der Waals surface area contributed by atoms with Gasteiger partial charge in [-0.05, 0) is 55.4 Å². The lowest BCUT2D eigenvalue weighted by atomic mass is 9.74. The van der Waals surface area contributed by atoms with Crippen LogP contribution in [-0.2, 0) is 6.42 Å². The van der Waals surface area contributed by atoms with Crippen molar-refractivity contribution in [1.82, 2.24) is 0 Å². The van der Waals surface area contributed by atoms with E-state index in [2.05, 4.69) is 6.92 Å². The Morgan fingerprint density at radius 1 is 1.26 bits per heavy atom. The number of rotatable bonds is 4. The minimum atomic E-state index is -0.862. The van der Waals surface area contributed by atoms with E-state index in [4.69, 9.17) is 0 Å². The predicted octanol–water partition coefficient (Wildman–Crippen LogP) is 4.23. The zero-order valence-corrected chi connectivity index (χ0v) is 11.5. The van der Waals surface area contributed by atoms with E-state index >= 15 is 0 Å². The fraction of sp³-hybridized carbons (Fsp3) is 0.625. The van der Waals surface area contributed by atoms with Gasteiger partial charge in [-0.25, -0.2) is 8.78 Å². The zero-order valence-electron chi connectivity index (χ0n) is 11.5. The first-order chi connectivity index (χ1) is 9.02. The second-order valence-corrected chi connectivity index (χ2v) is 5.87. The van der Waals surface area contributed by atoms with E-state index in [0.717, 1.165) is 25.0 Å². The Morgan fingerprint density at radius 3 is 2.58 bits per heavy atom. The topological polar surface area (TPSA) is 20.2 Å². The molecule has 1 aliphatic rings. The Bertz CT molecular complexity index is 423. The maximum Gasteiger partial charge on any atom is 0.126 e. The summed E-state index contributed by atoms with van der Waals surface area (Å²) in [6, 6.07) is 3.45. The normalized spacial score (nSPS) is 27.5. The molecule has 0 aromatic heterocycles. The van der Waals surface area contributed by atoms with Gasteiger partial charge >= 0.3 is 0 Å². The van der Waals surface area contributed by atoms with Crippen LogP contribution in [0.2, 0.25) is 0 Å². The molecule has 106 valence electrons. The van der Waals surface area contributed by atoms with Crippen molar-refractivity contribution in [2.75, 3.05) is 0 Å². The summed E-state index contributed by atoms with van der Waals surface area (Å²) >= 11 is 0. The van der Waals surface area contributed by atoms with E-state index in [1.54, 1.807) is 0 Å². The third-order valence-electron chi connectivity index (χ3n) is 4.26. The van der Waals surface area contributed by atoms with Crippen molar-refractivity contribution < 1.29 is 13.9 Å². The highest BCUT2D eigenvalue weighted by Crippen LogP contribution is 2.36. The molecule has 1 aromatic rings. The number of benzene rings is 1. The Balaban J connectivity index is 2.00. The Hall–Kier alpha value is -0.960. The number of aliphatic hydroxyl groups is 1. The van der Waals surface area contributed by atoms with Crippen molar-refractivity contribution in [3.05, 3.63) is 35.4 Å². The highest BCUT2D eigenvalue weighted by Gasteiger charge is 2.33. The predicted molar refractivity (Wildman–Crippen MR) is 71.9 cm³/mol. The van der Waals surface area contributed by atoms with Crippen LogP contribution in [0, 0.1) is 17.6 Å². The van der Waals surface area contributed by atoms with Crippen molar-refractivity contribution in [2.24, 2.45) is 5.92 Å². The van der Waals surface area contributed by atoms with Crippen LogP contribution in [0.4, 0.5) is 8.78 Å². The summed E-state index contributed by atoms with van der Waals surface area (Å²) in [5, 5.41) is 10.5. The van der Waals surface area contributed by atoms with Gasteiger partial charge in [0.15, 0.2) is 0 Å². The van der Waals surface area contributed by atoms with Crippen LogP contribution in [0.5, 0.6) is 0 Å². The molecule has 3 heteroatoms. The van der Waals surface area contributed by atoms with E-state index in [1.165, 1.54) is 18.9 Å². The smallest absolute Gasteiger partial charge is 0.126 e. The highest BCUT2D eigenvalue weighted by atomic mass is 19.1. The molecule has 1 N–H and O–H groups in total. The number of halogens is 2. The molecule has 0 aliphatic heterocycles. The molecular formula is C16H22F2O. The SMILES string of the molecule is CCCC1CCC(O)(Cc2cc(F)ccc2F)CC1. The third-order valence-corrected chi connectivity index (χ3v) is 4.26. The van der Waals surface area contributed by atoms with Crippen LogP contribution in [0.25, 0.3) is 0 Å². The van der Waals surface area contributed by atoms with Crippen molar-refractivity contribution in [3.63, 3.8) is 0 Å². The molecule has 0 amide bonds. The molecule has 0 bridgehead atoms. The maximum atomic E-state index is 13.6. The summed E-state index contributed by atoms with van der Waals surface area (Å²) in [4.78, 5) is 0.